The van der Waals surface area contributed by atoms with Gasteiger partial charge in [-0.25, -0.2) is 4.79 Å². The molecule has 0 amide bonds. The molecule has 104 valence electrons. The number of nitrogens with one attached hydrogen (secondary N) is 1. The predicted molar refractivity (Wildman–Crippen MR) is 75.9 cm³/mol. The van der Waals surface area contributed by atoms with Gasteiger partial charge < -0.3 is 4.74 Å². The van der Waals surface area contributed by atoms with E-state index in [0.717, 1.165) is 12.8 Å². The van der Waals surface area contributed by atoms with Crippen LogP contribution in [0.4, 0.5) is 0 Å². The summed E-state index contributed by atoms with van der Waals surface area (Å²) in [5, 5.41) is 7.03. The van der Waals surface area contributed by atoms with Crippen molar-refractivity contribution in [3.8, 4) is 0 Å². The van der Waals surface area contributed by atoms with E-state index < -0.39 is 5.97 Å². The number of carbonyl (C=O) groups is 1. The monoisotopic (exact) mass is 253 g/mol. The number of hydrogen-bond donors (Lipinski definition) is 1. The van der Waals surface area contributed by atoms with Gasteiger partial charge in [-0.15, -0.1) is 0 Å². The second kappa shape index (κ2) is 12.3. The Labute approximate surface area is 111 Å². The van der Waals surface area contributed by atoms with E-state index in [-0.39, 0.29) is 5.71 Å². The van der Waals surface area contributed by atoms with Crippen LogP contribution in [0.15, 0.2) is 12.3 Å². The zero-order chi connectivity index (χ0) is 13.6. The normalized spacial score (nSPS) is 10.8. The number of rotatable bonds is 11. The highest BCUT2D eigenvalue weighted by molar-refractivity contribution is 6.34. The van der Waals surface area contributed by atoms with Gasteiger partial charge in [-0.1, -0.05) is 51.9 Å². The lowest BCUT2D eigenvalue weighted by Crippen LogP contribution is -2.09. The topological polar surface area (TPSA) is 50.2 Å². The lowest BCUT2D eigenvalue weighted by molar-refractivity contribution is -0.130. The average Bonchev–Trinajstić information content (AvgIpc) is 2.35. The van der Waals surface area contributed by atoms with Crippen LogP contribution in [0.25, 0.3) is 0 Å². The van der Waals surface area contributed by atoms with Crippen molar-refractivity contribution in [1.29, 1.82) is 5.41 Å². The van der Waals surface area contributed by atoms with Crippen LogP contribution in [0.2, 0.25) is 0 Å². The van der Waals surface area contributed by atoms with Crippen molar-refractivity contribution in [3.63, 3.8) is 0 Å². The summed E-state index contributed by atoms with van der Waals surface area (Å²) in [5.41, 5.74) is -0.0632. The summed E-state index contributed by atoms with van der Waals surface area (Å²) >= 11 is 0. The highest BCUT2D eigenvalue weighted by Crippen LogP contribution is 2.09. The van der Waals surface area contributed by atoms with E-state index in [1.807, 2.05) is 6.08 Å². The molecule has 0 rings (SSSR count). The fourth-order valence-corrected chi connectivity index (χ4v) is 1.66. The fraction of sp³-hybridized carbons (Fsp3) is 0.733. The van der Waals surface area contributed by atoms with Crippen LogP contribution in [0, 0.1) is 5.41 Å². The van der Waals surface area contributed by atoms with Crippen molar-refractivity contribution < 1.29 is 9.53 Å². The van der Waals surface area contributed by atoms with Crippen molar-refractivity contribution in [2.24, 2.45) is 0 Å². The Morgan fingerprint density at radius 3 is 2.17 bits per heavy atom. The first kappa shape index (κ1) is 16.9. The van der Waals surface area contributed by atoms with Gasteiger partial charge in [0.2, 0.25) is 0 Å². The Kier molecular flexibility index (Phi) is 11.6. The first-order valence-electron chi connectivity index (χ1n) is 7.09. The van der Waals surface area contributed by atoms with E-state index in [1.54, 1.807) is 0 Å². The molecule has 0 saturated carbocycles. The van der Waals surface area contributed by atoms with Crippen LogP contribution < -0.4 is 0 Å². The van der Waals surface area contributed by atoms with E-state index in [0.29, 0.717) is 0 Å². The summed E-state index contributed by atoms with van der Waals surface area (Å²) in [4.78, 5) is 10.9. The van der Waals surface area contributed by atoms with E-state index in [4.69, 9.17) is 10.1 Å². The molecule has 0 saturated heterocycles. The molecule has 0 spiro atoms. The minimum absolute atomic E-state index is 0.0632. The van der Waals surface area contributed by atoms with E-state index in [9.17, 15) is 4.79 Å². The molecule has 1 N–H and O–H groups in total. The summed E-state index contributed by atoms with van der Waals surface area (Å²) in [6.45, 7) is 3.66. The highest BCUT2D eigenvalue weighted by Gasteiger charge is 2.00. The molecule has 0 radical (unpaired) electrons. The largest absolute Gasteiger partial charge is 0.430 e. The third-order valence-corrected chi connectivity index (χ3v) is 2.80. The van der Waals surface area contributed by atoms with E-state index in [1.165, 1.54) is 58.1 Å². The Morgan fingerprint density at radius 1 is 1.06 bits per heavy atom. The molecular formula is C15H27NO2. The first-order valence-corrected chi connectivity index (χ1v) is 7.09. The summed E-state index contributed by atoms with van der Waals surface area (Å²) in [6, 6.07) is 0. The van der Waals surface area contributed by atoms with E-state index in [2.05, 4.69) is 6.92 Å². The molecule has 0 aliphatic heterocycles. The quantitative estimate of drug-likeness (QED) is 0.253. The molecule has 0 aromatic rings. The van der Waals surface area contributed by atoms with Gasteiger partial charge >= 0.3 is 5.97 Å². The molecule has 0 heterocycles. The van der Waals surface area contributed by atoms with Crippen LogP contribution >= 0.6 is 0 Å². The molecule has 18 heavy (non-hydrogen) atoms. The van der Waals surface area contributed by atoms with Crippen LogP contribution in [0.1, 0.15) is 71.6 Å². The van der Waals surface area contributed by atoms with Crippen LogP contribution in [0.3, 0.4) is 0 Å². The molecule has 0 fully saturated rings. The maximum Gasteiger partial charge on any atom is 0.356 e. The van der Waals surface area contributed by atoms with Crippen molar-refractivity contribution in [1.82, 2.24) is 0 Å². The molecule has 0 aromatic carbocycles. The molecule has 0 bridgehead atoms. The van der Waals surface area contributed by atoms with Crippen molar-refractivity contribution >= 4 is 11.7 Å². The van der Waals surface area contributed by atoms with Crippen molar-refractivity contribution in [2.45, 2.75) is 71.6 Å². The molecular weight excluding hydrogens is 226 g/mol. The summed E-state index contributed by atoms with van der Waals surface area (Å²) < 4.78 is 4.73. The van der Waals surface area contributed by atoms with Crippen molar-refractivity contribution in [3.05, 3.63) is 12.3 Å². The molecule has 0 atom stereocenters. The summed E-state index contributed by atoms with van der Waals surface area (Å²) in [5.74, 6) is -0.567. The third kappa shape index (κ3) is 11.4. The molecule has 3 heteroatoms. The summed E-state index contributed by atoms with van der Waals surface area (Å²) in [7, 11) is 0. The van der Waals surface area contributed by atoms with Gasteiger partial charge in [-0.2, -0.15) is 0 Å². The second-order valence-corrected chi connectivity index (χ2v) is 4.67. The molecule has 0 aliphatic carbocycles. The molecule has 0 unspecified atom stereocenters. The Balaban J connectivity index is 3.22. The standard InChI is InChI=1S/C15H27NO2/c1-3-4-5-6-7-8-9-10-11-12-13-18-15(17)14(2)16/h12-13,16H,3-11H2,1-2H3. The Bertz CT molecular complexity index is 259. The predicted octanol–water partition coefficient (Wildman–Crippen LogP) is 4.61. The Hall–Kier alpha value is -1.12. The van der Waals surface area contributed by atoms with E-state index >= 15 is 0 Å². The molecule has 3 nitrogen and oxygen atoms in total. The van der Waals surface area contributed by atoms with Crippen LogP contribution in [-0.4, -0.2) is 11.7 Å². The van der Waals surface area contributed by atoms with Gasteiger partial charge in [0.1, 0.15) is 5.71 Å². The van der Waals surface area contributed by atoms with Crippen molar-refractivity contribution in [2.75, 3.05) is 0 Å². The minimum atomic E-state index is -0.567. The van der Waals surface area contributed by atoms with Crippen LogP contribution in [-0.2, 0) is 9.53 Å². The number of esters is 1. The lowest BCUT2D eigenvalue weighted by atomic mass is 10.1. The fourth-order valence-electron chi connectivity index (χ4n) is 1.66. The third-order valence-electron chi connectivity index (χ3n) is 2.80. The van der Waals surface area contributed by atoms with Gasteiger partial charge in [-0.3, -0.25) is 5.41 Å². The number of allylic oxidation sites excluding steroid dienone is 1. The zero-order valence-corrected chi connectivity index (χ0v) is 11.8. The van der Waals surface area contributed by atoms with Gasteiger partial charge in [-0.05, 0) is 25.8 Å². The maximum absolute atomic E-state index is 10.9. The average molecular weight is 253 g/mol. The lowest BCUT2D eigenvalue weighted by Gasteiger charge is -2.00. The van der Waals surface area contributed by atoms with Gasteiger partial charge in [0.05, 0.1) is 6.26 Å². The second-order valence-electron chi connectivity index (χ2n) is 4.67. The van der Waals surface area contributed by atoms with Gasteiger partial charge in [0.25, 0.3) is 0 Å². The Morgan fingerprint density at radius 2 is 1.61 bits per heavy atom. The first-order chi connectivity index (χ1) is 8.68. The number of unbranched alkanes of at least 4 members (excludes halogenated alkanes) is 8. The number of hydrogen-bond acceptors (Lipinski definition) is 3. The molecule has 0 aromatic heterocycles. The number of ether oxygens (including phenoxy) is 1. The molecule has 0 aliphatic rings. The zero-order valence-electron chi connectivity index (χ0n) is 11.8. The number of carbonyl (C=O) groups excluding carboxylic acids is 1. The highest BCUT2D eigenvalue weighted by atomic mass is 16.5. The minimum Gasteiger partial charge on any atom is -0.430 e. The summed E-state index contributed by atoms with van der Waals surface area (Å²) in [6.07, 6.45) is 14.6. The maximum atomic E-state index is 10.9. The van der Waals surface area contributed by atoms with Gasteiger partial charge in [0.15, 0.2) is 0 Å². The smallest absolute Gasteiger partial charge is 0.356 e. The van der Waals surface area contributed by atoms with Crippen LogP contribution in [0.5, 0.6) is 0 Å². The van der Waals surface area contributed by atoms with Gasteiger partial charge in [0, 0.05) is 0 Å². The SMILES string of the molecule is CCCCCCCCCCC=COC(=O)C(C)=N.